The van der Waals surface area contributed by atoms with Crippen LogP contribution >= 0.6 is 11.8 Å². The molecule has 0 saturated carbocycles. The van der Waals surface area contributed by atoms with Crippen LogP contribution < -0.4 is 5.63 Å². The van der Waals surface area contributed by atoms with Gasteiger partial charge in [0.1, 0.15) is 16.3 Å². The van der Waals surface area contributed by atoms with E-state index in [4.69, 9.17) is 4.42 Å². The smallest absolute Gasteiger partial charge is 0.350 e. The van der Waals surface area contributed by atoms with Crippen LogP contribution in [0.3, 0.4) is 0 Å². The fourth-order valence-corrected chi connectivity index (χ4v) is 3.41. The molecule has 0 N–H and O–H groups in total. The second-order valence-corrected chi connectivity index (χ2v) is 6.25. The van der Waals surface area contributed by atoms with Gasteiger partial charge in [0.05, 0.1) is 0 Å². The van der Waals surface area contributed by atoms with Gasteiger partial charge in [-0.1, -0.05) is 36.4 Å². The van der Waals surface area contributed by atoms with E-state index in [0.717, 1.165) is 16.9 Å². The Balaban J connectivity index is 1.80. The summed E-state index contributed by atoms with van der Waals surface area (Å²) < 4.78 is 7.30. The maximum absolute atomic E-state index is 12.2. The molecule has 0 aliphatic heterocycles. The average molecular weight is 335 g/mol. The highest BCUT2D eigenvalue weighted by atomic mass is 32.2. The van der Waals surface area contributed by atoms with E-state index in [1.165, 1.54) is 11.8 Å². The summed E-state index contributed by atoms with van der Waals surface area (Å²) in [7, 11) is 0. The second-order valence-electron chi connectivity index (χ2n) is 5.24. The van der Waals surface area contributed by atoms with Crippen LogP contribution in [0.1, 0.15) is 5.82 Å². The number of para-hydroxylation sites is 2. The summed E-state index contributed by atoms with van der Waals surface area (Å²) in [5.74, 6) is 0.758. The summed E-state index contributed by atoms with van der Waals surface area (Å²) in [5.41, 5.74) is 1.15. The van der Waals surface area contributed by atoms with E-state index in [0.29, 0.717) is 15.6 Å². The van der Waals surface area contributed by atoms with Gasteiger partial charge in [0, 0.05) is 11.1 Å². The Labute approximate surface area is 142 Å². The van der Waals surface area contributed by atoms with Crippen molar-refractivity contribution < 1.29 is 4.42 Å². The van der Waals surface area contributed by atoms with Crippen LogP contribution in [-0.4, -0.2) is 14.8 Å². The summed E-state index contributed by atoms with van der Waals surface area (Å²) in [6, 6.07) is 19.1. The first-order valence-corrected chi connectivity index (χ1v) is 8.22. The van der Waals surface area contributed by atoms with E-state index in [1.807, 2.05) is 66.1 Å². The van der Waals surface area contributed by atoms with Gasteiger partial charge in [0.2, 0.25) is 5.16 Å². The van der Waals surface area contributed by atoms with Crippen molar-refractivity contribution in [3.05, 3.63) is 76.9 Å². The number of nitrogens with zero attached hydrogens (tertiary/aromatic N) is 3. The summed E-state index contributed by atoms with van der Waals surface area (Å²) in [6.07, 6.45) is 0. The third kappa shape index (κ3) is 2.61. The van der Waals surface area contributed by atoms with Crippen LogP contribution in [0.2, 0.25) is 0 Å². The summed E-state index contributed by atoms with van der Waals surface area (Å²) in [5, 5.41) is 9.85. The van der Waals surface area contributed by atoms with Gasteiger partial charge in [-0.05, 0) is 43.0 Å². The first-order valence-electron chi connectivity index (χ1n) is 7.40. The lowest BCUT2D eigenvalue weighted by Crippen LogP contribution is -2.04. The fourth-order valence-electron chi connectivity index (χ4n) is 2.50. The minimum Gasteiger partial charge on any atom is -0.422 e. The second kappa shape index (κ2) is 5.98. The van der Waals surface area contributed by atoms with Gasteiger partial charge in [-0.2, -0.15) is 0 Å². The van der Waals surface area contributed by atoms with Crippen LogP contribution in [0.5, 0.6) is 0 Å². The maximum atomic E-state index is 12.2. The first-order chi connectivity index (χ1) is 11.7. The van der Waals surface area contributed by atoms with Crippen molar-refractivity contribution in [3.8, 4) is 5.69 Å². The van der Waals surface area contributed by atoms with Gasteiger partial charge in [-0.25, -0.2) is 4.79 Å². The number of fused-ring (bicyclic) bond motifs is 1. The Bertz CT molecular complexity index is 1070. The molecule has 2 aromatic carbocycles. The first kappa shape index (κ1) is 14.7. The molecule has 118 valence electrons. The predicted octanol–water partition coefficient (Wildman–Crippen LogP) is 3.83. The molecular weight excluding hydrogens is 322 g/mol. The molecule has 0 saturated heterocycles. The molecular formula is C18H13N3O2S. The van der Waals surface area contributed by atoms with Gasteiger partial charge in [0.15, 0.2) is 0 Å². The Kier molecular flexibility index (Phi) is 3.66. The largest absolute Gasteiger partial charge is 0.422 e. The average Bonchev–Trinajstić information content (AvgIpc) is 2.97. The molecule has 0 unspecified atom stereocenters. The number of aromatic nitrogens is 3. The highest BCUT2D eigenvalue weighted by Crippen LogP contribution is 2.28. The topological polar surface area (TPSA) is 60.9 Å². The Morgan fingerprint density at radius 2 is 1.75 bits per heavy atom. The van der Waals surface area contributed by atoms with Crippen LogP contribution in [0.15, 0.2) is 79.9 Å². The molecule has 2 heterocycles. The molecule has 0 spiro atoms. The van der Waals surface area contributed by atoms with Gasteiger partial charge in [-0.15, -0.1) is 10.2 Å². The van der Waals surface area contributed by atoms with Gasteiger partial charge < -0.3 is 4.42 Å². The zero-order valence-corrected chi connectivity index (χ0v) is 13.7. The third-order valence-corrected chi connectivity index (χ3v) is 4.57. The molecule has 4 rings (SSSR count). The lowest BCUT2D eigenvalue weighted by Gasteiger charge is -2.07. The van der Waals surface area contributed by atoms with Crippen molar-refractivity contribution in [2.45, 2.75) is 17.0 Å². The zero-order chi connectivity index (χ0) is 16.5. The Morgan fingerprint density at radius 3 is 2.58 bits per heavy atom. The van der Waals surface area contributed by atoms with Gasteiger partial charge in [-0.3, -0.25) is 4.57 Å². The third-order valence-electron chi connectivity index (χ3n) is 3.62. The fraction of sp³-hybridized carbons (Fsp3) is 0.0556. The van der Waals surface area contributed by atoms with Crippen molar-refractivity contribution in [1.82, 2.24) is 14.8 Å². The van der Waals surface area contributed by atoms with Crippen molar-refractivity contribution in [3.63, 3.8) is 0 Å². The molecule has 4 aromatic rings. The van der Waals surface area contributed by atoms with Crippen molar-refractivity contribution >= 4 is 22.7 Å². The van der Waals surface area contributed by atoms with Crippen LogP contribution in [-0.2, 0) is 0 Å². The van der Waals surface area contributed by atoms with E-state index >= 15 is 0 Å². The molecule has 0 aliphatic rings. The molecule has 2 aromatic heterocycles. The summed E-state index contributed by atoms with van der Waals surface area (Å²) >= 11 is 1.25. The zero-order valence-electron chi connectivity index (χ0n) is 12.8. The van der Waals surface area contributed by atoms with E-state index in [9.17, 15) is 4.79 Å². The number of rotatable bonds is 3. The number of hydrogen-bond acceptors (Lipinski definition) is 5. The molecule has 0 fully saturated rings. The standard InChI is InChI=1S/C18H13N3O2S/c1-12-19-20-18(21(12)14-8-3-2-4-9-14)24-16-11-13-7-5-6-10-15(13)23-17(16)22/h2-11H,1H3. The van der Waals surface area contributed by atoms with Crippen molar-refractivity contribution in [1.29, 1.82) is 0 Å². The van der Waals surface area contributed by atoms with E-state index < -0.39 is 0 Å². The normalized spacial score (nSPS) is 11.0. The van der Waals surface area contributed by atoms with Crippen LogP contribution in [0.25, 0.3) is 16.7 Å². The molecule has 24 heavy (non-hydrogen) atoms. The Morgan fingerprint density at radius 1 is 1.00 bits per heavy atom. The van der Waals surface area contributed by atoms with Crippen LogP contribution in [0, 0.1) is 6.92 Å². The Hall–Kier alpha value is -2.86. The SMILES string of the molecule is Cc1nnc(Sc2cc3ccccc3oc2=O)n1-c1ccccc1. The minimum absolute atomic E-state index is 0.376. The quantitative estimate of drug-likeness (QED) is 0.532. The summed E-state index contributed by atoms with van der Waals surface area (Å²) in [6.45, 7) is 1.88. The maximum Gasteiger partial charge on any atom is 0.350 e. The molecule has 0 bridgehead atoms. The molecule has 6 heteroatoms. The van der Waals surface area contributed by atoms with Crippen molar-refractivity contribution in [2.75, 3.05) is 0 Å². The lowest BCUT2D eigenvalue weighted by atomic mass is 10.2. The van der Waals surface area contributed by atoms with Gasteiger partial charge in [0.25, 0.3) is 0 Å². The highest BCUT2D eigenvalue weighted by molar-refractivity contribution is 7.99. The molecule has 0 amide bonds. The van der Waals surface area contributed by atoms with Crippen LogP contribution in [0.4, 0.5) is 0 Å². The van der Waals surface area contributed by atoms with E-state index in [2.05, 4.69) is 10.2 Å². The highest BCUT2D eigenvalue weighted by Gasteiger charge is 2.15. The molecule has 0 aliphatic carbocycles. The van der Waals surface area contributed by atoms with Gasteiger partial charge >= 0.3 is 5.63 Å². The summed E-state index contributed by atoms with van der Waals surface area (Å²) in [4.78, 5) is 12.7. The van der Waals surface area contributed by atoms with E-state index in [-0.39, 0.29) is 5.63 Å². The van der Waals surface area contributed by atoms with Crippen molar-refractivity contribution in [2.24, 2.45) is 0 Å². The molecule has 0 radical (unpaired) electrons. The monoisotopic (exact) mass is 335 g/mol. The predicted molar refractivity (Wildman–Crippen MR) is 92.7 cm³/mol. The number of aryl methyl sites for hydroxylation is 1. The number of benzene rings is 2. The number of hydrogen-bond donors (Lipinski definition) is 0. The van der Waals surface area contributed by atoms with E-state index in [1.54, 1.807) is 6.07 Å². The molecule has 5 nitrogen and oxygen atoms in total. The lowest BCUT2D eigenvalue weighted by molar-refractivity contribution is 0.543. The molecule has 0 atom stereocenters. The minimum atomic E-state index is -0.376.